The van der Waals surface area contributed by atoms with Crippen molar-refractivity contribution in [1.82, 2.24) is 5.32 Å². The van der Waals surface area contributed by atoms with Crippen LogP contribution in [0.5, 0.6) is 0 Å². The van der Waals surface area contributed by atoms with Gasteiger partial charge < -0.3 is 29.0 Å². The van der Waals surface area contributed by atoms with E-state index in [-0.39, 0.29) is 0 Å². The molecule has 140 valence electrons. The fraction of sp³-hybridized carbons (Fsp3) is 1.00. The minimum atomic E-state index is 0.618. The first-order chi connectivity index (χ1) is 11.3. The SMILES string of the molecule is CCOCCOCCOCCCOCCOCCNCC(C)C. The van der Waals surface area contributed by atoms with E-state index in [1.807, 2.05) is 6.92 Å². The summed E-state index contributed by atoms with van der Waals surface area (Å²) in [6.45, 7) is 15.0. The van der Waals surface area contributed by atoms with E-state index in [0.717, 1.165) is 32.7 Å². The van der Waals surface area contributed by atoms with Gasteiger partial charge in [0.25, 0.3) is 0 Å². The molecule has 0 spiro atoms. The van der Waals surface area contributed by atoms with Crippen LogP contribution >= 0.6 is 0 Å². The Morgan fingerprint density at radius 3 is 1.65 bits per heavy atom. The van der Waals surface area contributed by atoms with Gasteiger partial charge in [-0.2, -0.15) is 0 Å². The fourth-order valence-electron chi connectivity index (χ4n) is 1.70. The van der Waals surface area contributed by atoms with Crippen LogP contribution in [-0.2, 0) is 23.7 Å². The van der Waals surface area contributed by atoms with Crippen molar-refractivity contribution in [3.8, 4) is 0 Å². The highest BCUT2D eigenvalue weighted by Gasteiger charge is 1.94. The second kappa shape index (κ2) is 19.8. The second-order valence-electron chi connectivity index (χ2n) is 5.60. The maximum Gasteiger partial charge on any atom is 0.0701 e. The normalized spacial score (nSPS) is 11.5. The topological polar surface area (TPSA) is 58.2 Å². The van der Waals surface area contributed by atoms with E-state index in [4.69, 9.17) is 23.7 Å². The van der Waals surface area contributed by atoms with Gasteiger partial charge in [0, 0.05) is 26.4 Å². The first-order valence-corrected chi connectivity index (χ1v) is 8.86. The van der Waals surface area contributed by atoms with Crippen molar-refractivity contribution in [1.29, 1.82) is 0 Å². The Labute approximate surface area is 142 Å². The van der Waals surface area contributed by atoms with Crippen molar-refractivity contribution >= 4 is 0 Å². The van der Waals surface area contributed by atoms with Gasteiger partial charge in [0.05, 0.1) is 46.2 Å². The van der Waals surface area contributed by atoms with E-state index in [2.05, 4.69) is 19.2 Å². The van der Waals surface area contributed by atoms with Crippen LogP contribution in [-0.4, -0.2) is 79.2 Å². The zero-order valence-corrected chi connectivity index (χ0v) is 15.3. The summed E-state index contributed by atoms with van der Waals surface area (Å²) in [6.07, 6.45) is 0.898. The van der Waals surface area contributed by atoms with Crippen LogP contribution in [0.1, 0.15) is 27.2 Å². The summed E-state index contributed by atoms with van der Waals surface area (Å²) >= 11 is 0. The molecule has 0 amide bonds. The van der Waals surface area contributed by atoms with Crippen LogP contribution in [0.4, 0.5) is 0 Å². The molecule has 6 heteroatoms. The summed E-state index contributed by atoms with van der Waals surface area (Å²) in [5.74, 6) is 0.683. The Morgan fingerprint density at radius 2 is 1.13 bits per heavy atom. The molecule has 0 unspecified atom stereocenters. The molecular formula is C17H37NO5. The molecule has 1 N–H and O–H groups in total. The zero-order valence-electron chi connectivity index (χ0n) is 15.3. The molecule has 0 bridgehead atoms. The van der Waals surface area contributed by atoms with E-state index >= 15 is 0 Å². The predicted octanol–water partition coefficient (Wildman–Crippen LogP) is 1.73. The Hall–Kier alpha value is -0.240. The van der Waals surface area contributed by atoms with Crippen molar-refractivity contribution in [2.24, 2.45) is 5.92 Å². The summed E-state index contributed by atoms with van der Waals surface area (Å²) in [4.78, 5) is 0. The Balaban J connectivity index is 2.95. The molecular weight excluding hydrogens is 298 g/mol. The number of ether oxygens (including phenoxy) is 5. The van der Waals surface area contributed by atoms with Crippen molar-refractivity contribution < 1.29 is 23.7 Å². The molecule has 0 aliphatic heterocycles. The van der Waals surface area contributed by atoms with Crippen LogP contribution in [0, 0.1) is 5.92 Å². The van der Waals surface area contributed by atoms with Gasteiger partial charge in [-0.1, -0.05) is 13.8 Å². The van der Waals surface area contributed by atoms with Gasteiger partial charge in [0.2, 0.25) is 0 Å². The smallest absolute Gasteiger partial charge is 0.0701 e. The lowest BCUT2D eigenvalue weighted by Gasteiger charge is -2.09. The third-order valence-electron chi connectivity index (χ3n) is 2.87. The van der Waals surface area contributed by atoms with Gasteiger partial charge in [0.1, 0.15) is 0 Å². The summed E-state index contributed by atoms with van der Waals surface area (Å²) in [7, 11) is 0. The summed E-state index contributed by atoms with van der Waals surface area (Å²) in [6, 6.07) is 0. The van der Waals surface area contributed by atoms with Crippen LogP contribution < -0.4 is 5.32 Å². The standard InChI is InChI=1S/C17H37NO5/c1-4-19-10-11-23-15-13-21-8-5-7-20-12-14-22-9-6-18-16-17(2)3/h17-18H,4-16H2,1-3H3. The number of rotatable bonds is 19. The lowest BCUT2D eigenvalue weighted by molar-refractivity contribution is 0.00755. The molecule has 0 radical (unpaired) electrons. The maximum atomic E-state index is 5.48. The summed E-state index contributed by atoms with van der Waals surface area (Å²) < 4.78 is 26.9. The average molecular weight is 335 g/mol. The first-order valence-electron chi connectivity index (χ1n) is 8.86. The molecule has 0 aliphatic rings. The molecule has 23 heavy (non-hydrogen) atoms. The Morgan fingerprint density at radius 1 is 0.652 bits per heavy atom. The lowest BCUT2D eigenvalue weighted by atomic mass is 10.2. The third kappa shape index (κ3) is 21.8. The summed E-state index contributed by atoms with van der Waals surface area (Å²) in [5.41, 5.74) is 0. The fourth-order valence-corrected chi connectivity index (χ4v) is 1.70. The summed E-state index contributed by atoms with van der Waals surface area (Å²) in [5, 5.41) is 3.33. The third-order valence-corrected chi connectivity index (χ3v) is 2.87. The first kappa shape index (κ1) is 22.8. The highest BCUT2D eigenvalue weighted by molar-refractivity contribution is 4.49. The van der Waals surface area contributed by atoms with Gasteiger partial charge in [-0.15, -0.1) is 0 Å². The van der Waals surface area contributed by atoms with Crippen LogP contribution in [0.2, 0.25) is 0 Å². The average Bonchev–Trinajstić information content (AvgIpc) is 2.53. The lowest BCUT2D eigenvalue weighted by Crippen LogP contribution is -2.24. The monoisotopic (exact) mass is 335 g/mol. The maximum absolute atomic E-state index is 5.48. The van der Waals surface area contributed by atoms with Crippen LogP contribution in [0.15, 0.2) is 0 Å². The minimum Gasteiger partial charge on any atom is -0.379 e. The molecule has 0 fully saturated rings. The van der Waals surface area contributed by atoms with Gasteiger partial charge in [-0.05, 0) is 25.8 Å². The molecule has 0 aromatic heterocycles. The van der Waals surface area contributed by atoms with Gasteiger partial charge in [-0.25, -0.2) is 0 Å². The molecule has 0 aromatic carbocycles. The Kier molecular flexibility index (Phi) is 19.6. The van der Waals surface area contributed by atoms with E-state index < -0.39 is 0 Å². The van der Waals surface area contributed by atoms with Gasteiger partial charge in [0.15, 0.2) is 0 Å². The largest absolute Gasteiger partial charge is 0.379 e. The molecule has 0 saturated heterocycles. The molecule has 0 rings (SSSR count). The van der Waals surface area contributed by atoms with E-state index in [0.29, 0.717) is 58.8 Å². The van der Waals surface area contributed by atoms with E-state index in [1.165, 1.54) is 0 Å². The van der Waals surface area contributed by atoms with Crippen LogP contribution in [0.25, 0.3) is 0 Å². The highest BCUT2D eigenvalue weighted by Crippen LogP contribution is 1.88. The van der Waals surface area contributed by atoms with Gasteiger partial charge >= 0.3 is 0 Å². The second-order valence-corrected chi connectivity index (χ2v) is 5.60. The van der Waals surface area contributed by atoms with Crippen LogP contribution in [0.3, 0.4) is 0 Å². The predicted molar refractivity (Wildman–Crippen MR) is 92.1 cm³/mol. The van der Waals surface area contributed by atoms with Crippen molar-refractivity contribution in [2.45, 2.75) is 27.2 Å². The molecule has 0 aliphatic carbocycles. The minimum absolute atomic E-state index is 0.618. The quantitative estimate of drug-likeness (QED) is 0.363. The number of hydrogen-bond acceptors (Lipinski definition) is 6. The number of hydrogen-bond donors (Lipinski definition) is 1. The van der Waals surface area contributed by atoms with Crippen molar-refractivity contribution in [3.63, 3.8) is 0 Å². The molecule has 0 saturated carbocycles. The molecule has 0 heterocycles. The zero-order chi connectivity index (χ0) is 17.0. The van der Waals surface area contributed by atoms with Crippen molar-refractivity contribution in [3.05, 3.63) is 0 Å². The molecule has 0 atom stereocenters. The number of nitrogens with one attached hydrogen (secondary N) is 1. The molecule has 6 nitrogen and oxygen atoms in total. The van der Waals surface area contributed by atoms with E-state index in [1.54, 1.807) is 0 Å². The van der Waals surface area contributed by atoms with E-state index in [9.17, 15) is 0 Å². The highest BCUT2D eigenvalue weighted by atomic mass is 16.5. The molecule has 0 aromatic rings. The van der Waals surface area contributed by atoms with Gasteiger partial charge in [-0.3, -0.25) is 0 Å². The Bertz CT molecular complexity index is 217. The van der Waals surface area contributed by atoms with Crippen molar-refractivity contribution in [2.75, 3.05) is 79.2 Å².